The third-order valence-corrected chi connectivity index (χ3v) is 12.5. The molecule has 0 radical (unpaired) electrons. The van der Waals surface area contributed by atoms with Crippen molar-refractivity contribution in [3.8, 4) is 55.9 Å². The Kier molecular flexibility index (Phi) is 10.3. The van der Waals surface area contributed by atoms with Gasteiger partial charge in [0, 0.05) is 67.7 Å². The van der Waals surface area contributed by atoms with Gasteiger partial charge in [-0.05, 0) is 101 Å². The lowest BCUT2D eigenvalue weighted by atomic mass is 10.0. The molecule has 10 aromatic rings. The van der Waals surface area contributed by atoms with Crippen molar-refractivity contribution in [1.82, 2.24) is 34.9 Å². The lowest BCUT2D eigenvalue weighted by Gasteiger charge is -2.08. The number of nitrogens with zero attached hydrogens (tertiary/aromatic N) is 5. The summed E-state index contributed by atoms with van der Waals surface area (Å²) in [4.78, 5) is 30.6. The maximum atomic E-state index is 12.1. The van der Waals surface area contributed by atoms with E-state index >= 15 is 0 Å². The summed E-state index contributed by atoms with van der Waals surface area (Å²) in [6, 6.07) is 54.7. The van der Waals surface area contributed by atoms with Crippen LogP contribution in [0.25, 0.3) is 108 Å². The first kappa shape index (κ1) is 40.6. The van der Waals surface area contributed by atoms with Crippen molar-refractivity contribution in [2.24, 2.45) is 0 Å². The van der Waals surface area contributed by atoms with Gasteiger partial charge in [-0.25, -0.2) is 19.4 Å². The zero-order valence-electron chi connectivity index (χ0n) is 36.2. The Balaban J connectivity index is 0.997. The monoisotopic (exact) mass is 903 g/mol. The van der Waals surface area contributed by atoms with Gasteiger partial charge in [0.1, 0.15) is 23.6 Å². The number of nitrogens with one attached hydrogen (secondary N) is 2. The molecule has 8 bridgehead atoms. The van der Waals surface area contributed by atoms with E-state index in [0.717, 1.165) is 100 Å². The lowest BCUT2D eigenvalue weighted by Crippen LogP contribution is -2.00. The van der Waals surface area contributed by atoms with E-state index in [1.165, 1.54) is 6.07 Å². The van der Waals surface area contributed by atoms with Gasteiger partial charge >= 0.3 is 5.63 Å². The summed E-state index contributed by atoms with van der Waals surface area (Å²) < 4.78 is 13.2. The number of ether oxygens (including phenoxy) is 1. The van der Waals surface area contributed by atoms with Crippen LogP contribution < -0.4 is 10.4 Å². The molecule has 0 aliphatic carbocycles. The van der Waals surface area contributed by atoms with Crippen LogP contribution in [0, 0.1) is 0 Å². The summed E-state index contributed by atoms with van der Waals surface area (Å²) >= 11 is 6.07. The molecule has 0 amide bonds. The van der Waals surface area contributed by atoms with Gasteiger partial charge in [0.05, 0.1) is 34.7 Å². The molecule has 7 heterocycles. The van der Waals surface area contributed by atoms with E-state index in [1.807, 2.05) is 48.7 Å². The number of H-pyrrole nitrogens is 2. The van der Waals surface area contributed by atoms with E-state index in [2.05, 4.69) is 154 Å². The molecule has 10 nitrogen and oxygen atoms in total. The van der Waals surface area contributed by atoms with Crippen LogP contribution in [0.3, 0.4) is 0 Å². The second-order valence-electron chi connectivity index (χ2n) is 16.5. The van der Waals surface area contributed by atoms with Gasteiger partial charge in [-0.1, -0.05) is 108 Å². The second kappa shape index (κ2) is 17.2. The lowest BCUT2D eigenvalue weighted by molar-refractivity contribution is 0.301. The predicted octanol–water partition coefficient (Wildman–Crippen LogP) is 13.3. The number of rotatable bonds is 9. The topological polar surface area (TPSA) is 128 Å². The number of alkyl halides is 1. The molecule has 2 N–H and O–H groups in total. The summed E-state index contributed by atoms with van der Waals surface area (Å²) in [6.07, 6.45) is 10.3. The largest absolute Gasteiger partial charge is 0.487 e. The summed E-state index contributed by atoms with van der Waals surface area (Å²) in [5.41, 5.74) is 17.2. The van der Waals surface area contributed by atoms with Crippen molar-refractivity contribution in [2.75, 3.05) is 0 Å². The highest BCUT2D eigenvalue weighted by Crippen LogP contribution is 2.38. The predicted molar refractivity (Wildman–Crippen MR) is 272 cm³/mol. The highest BCUT2D eigenvalue weighted by molar-refractivity contribution is 6.18. The molecule has 2 aliphatic rings. The highest BCUT2D eigenvalue weighted by atomic mass is 35.5. The number of benzene rings is 5. The van der Waals surface area contributed by atoms with Gasteiger partial charge in [-0.2, -0.15) is 0 Å². The minimum Gasteiger partial charge on any atom is -0.487 e. The Labute approximate surface area is 394 Å². The van der Waals surface area contributed by atoms with Gasteiger partial charge in [-0.15, -0.1) is 16.7 Å². The van der Waals surface area contributed by atoms with Gasteiger partial charge in [0.2, 0.25) is 0 Å². The van der Waals surface area contributed by atoms with Crippen molar-refractivity contribution < 1.29 is 9.15 Å². The molecule has 0 fully saturated rings. The van der Waals surface area contributed by atoms with Crippen molar-refractivity contribution in [2.45, 2.75) is 12.5 Å². The second-order valence-corrected chi connectivity index (χ2v) is 16.7. The molecule has 5 aromatic heterocycles. The fraction of sp³-hybridized carbons (Fsp3) is 0.0351. The first-order valence-corrected chi connectivity index (χ1v) is 22.7. The number of hydrogen-bond donors (Lipinski definition) is 2. The van der Waals surface area contributed by atoms with E-state index in [9.17, 15) is 4.79 Å². The van der Waals surface area contributed by atoms with Crippen LogP contribution in [0.5, 0.6) is 5.75 Å². The molecule has 11 heteroatoms. The van der Waals surface area contributed by atoms with Crippen LogP contribution in [0.2, 0.25) is 0 Å². The van der Waals surface area contributed by atoms with E-state index < -0.39 is 5.63 Å². The van der Waals surface area contributed by atoms with Gasteiger partial charge in [-0.3, -0.25) is 0 Å². The number of aromatic nitrogens is 7. The molecule has 2 aliphatic heterocycles. The number of fused-ring (bicyclic) bond motifs is 9. The van der Waals surface area contributed by atoms with Crippen molar-refractivity contribution >= 4 is 68.9 Å². The average Bonchev–Trinajstić information content (AvgIpc) is 4.26. The van der Waals surface area contributed by atoms with Crippen molar-refractivity contribution in [3.63, 3.8) is 0 Å². The Morgan fingerprint density at radius 2 is 1.01 bits per heavy atom. The smallest absolute Gasteiger partial charge is 0.336 e. The molecular weight excluding hydrogens is 866 g/mol. The third kappa shape index (κ3) is 7.58. The zero-order chi connectivity index (χ0) is 45.6. The van der Waals surface area contributed by atoms with Crippen molar-refractivity contribution in [3.05, 3.63) is 214 Å². The van der Waals surface area contributed by atoms with Crippen LogP contribution in [-0.4, -0.2) is 34.9 Å². The minimum absolute atomic E-state index is 0.156. The van der Waals surface area contributed by atoms with Gasteiger partial charge in [0.15, 0.2) is 0 Å². The van der Waals surface area contributed by atoms with Crippen LogP contribution in [0.1, 0.15) is 34.0 Å². The number of aromatic amines is 2. The molecule has 0 spiro atoms. The van der Waals surface area contributed by atoms with Crippen LogP contribution in [0.4, 0.5) is 0 Å². The molecule has 326 valence electrons. The first-order chi connectivity index (χ1) is 33.5. The minimum atomic E-state index is -0.462. The van der Waals surface area contributed by atoms with Gasteiger partial charge < -0.3 is 19.1 Å². The molecule has 68 heavy (non-hydrogen) atoms. The fourth-order valence-electron chi connectivity index (χ4n) is 9.07. The van der Waals surface area contributed by atoms with Crippen LogP contribution >= 0.6 is 11.6 Å². The Hall–Kier alpha value is -8.86. The maximum absolute atomic E-state index is 12.1. The van der Waals surface area contributed by atoms with E-state index in [-0.39, 0.29) is 12.5 Å². The molecule has 0 atom stereocenters. The van der Waals surface area contributed by atoms with E-state index in [0.29, 0.717) is 22.6 Å². The molecule has 5 aromatic carbocycles. The Morgan fingerprint density at radius 1 is 0.544 bits per heavy atom. The molecular formula is C57H38ClN7O3. The van der Waals surface area contributed by atoms with E-state index in [1.54, 1.807) is 10.7 Å². The summed E-state index contributed by atoms with van der Waals surface area (Å²) in [6.45, 7) is 0.156. The Morgan fingerprint density at radius 3 is 1.49 bits per heavy atom. The number of hydrogen-bond acceptors (Lipinski definition) is 7. The Bertz CT molecular complexity index is 3820. The first-order valence-electron chi connectivity index (χ1n) is 22.1. The molecule has 0 saturated carbocycles. The zero-order valence-corrected chi connectivity index (χ0v) is 37.0. The number of halogens is 1. The fourth-order valence-corrected chi connectivity index (χ4v) is 9.30. The standard InChI is InChI=1S/C57H38ClN7O3/c58-32-39-30-53(66)68-52-31-42(20-21-43(39)52)67-34-40-33-65(64-63-40)41-18-16-38(17-19-41)57-50-28-26-48(61-50)55(36-12-6-2-7-13-36)46-24-22-44(59-46)54(35-10-4-1-5-11-35)45-23-25-47(60-45)56(37-14-8-3-9-15-37)49-27-29-51(57)62-49/h1-31,33,59,62H,32,34H2. The van der Waals surface area contributed by atoms with Gasteiger partial charge in [0.25, 0.3) is 0 Å². The van der Waals surface area contributed by atoms with Crippen LogP contribution in [-0.2, 0) is 12.5 Å². The summed E-state index contributed by atoms with van der Waals surface area (Å²) in [5.74, 6) is 0.729. The third-order valence-electron chi connectivity index (χ3n) is 12.2. The quantitative estimate of drug-likeness (QED) is 0.109. The molecule has 12 rings (SSSR count). The SMILES string of the molecule is O=c1cc(CCl)c2ccc(OCc3cn(-c4ccc(-c5c6nc(c(-c7ccccc7)c7ccc([nH]7)c(-c7ccccc7)c7nc(c(-c8ccccc8)c8ccc5[nH]8)C=C7)C=C6)cc4)nn3)cc2o1. The van der Waals surface area contributed by atoms with Crippen LogP contribution in [0.15, 0.2) is 179 Å². The molecule has 0 unspecified atom stereocenters. The molecule has 0 saturated heterocycles. The van der Waals surface area contributed by atoms with Crippen molar-refractivity contribution in [1.29, 1.82) is 0 Å². The normalized spacial score (nSPS) is 12.0. The average molecular weight is 904 g/mol. The summed E-state index contributed by atoms with van der Waals surface area (Å²) in [5, 5.41) is 9.58. The maximum Gasteiger partial charge on any atom is 0.336 e. The summed E-state index contributed by atoms with van der Waals surface area (Å²) in [7, 11) is 0. The highest BCUT2D eigenvalue weighted by Gasteiger charge is 2.19. The van der Waals surface area contributed by atoms with E-state index in [4.69, 9.17) is 30.7 Å².